The zero-order chi connectivity index (χ0) is 13.9. The van der Waals surface area contributed by atoms with Gasteiger partial charge in [0.25, 0.3) is 0 Å². The molecule has 0 spiro atoms. The van der Waals surface area contributed by atoms with E-state index in [-0.39, 0.29) is 11.9 Å². The van der Waals surface area contributed by atoms with Crippen molar-refractivity contribution in [1.29, 1.82) is 0 Å². The van der Waals surface area contributed by atoms with Gasteiger partial charge in [-0.25, -0.2) is 4.39 Å². The molecule has 1 atom stereocenters. The Balaban J connectivity index is 1.98. The van der Waals surface area contributed by atoms with Crippen LogP contribution in [0.15, 0.2) is 45.5 Å². The summed E-state index contributed by atoms with van der Waals surface area (Å²) in [6.45, 7) is 3.72. The van der Waals surface area contributed by atoms with E-state index in [9.17, 15) is 4.39 Å². The number of benzene rings is 1. The normalized spacial score (nSPS) is 18.1. The van der Waals surface area contributed by atoms with Crippen LogP contribution in [0.2, 0.25) is 0 Å². The molecule has 0 unspecified atom stereocenters. The first-order valence-corrected chi connectivity index (χ1v) is 7.48. The number of nitrogens with zero attached hydrogens (tertiary/aromatic N) is 1. The van der Waals surface area contributed by atoms with Gasteiger partial charge in [-0.1, -0.05) is 6.07 Å². The topological polar surface area (TPSA) is 28.4 Å². The van der Waals surface area contributed by atoms with Crippen molar-refractivity contribution in [1.82, 2.24) is 10.2 Å². The van der Waals surface area contributed by atoms with Crippen LogP contribution >= 0.6 is 15.9 Å². The summed E-state index contributed by atoms with van der Waals surface area (Å²) in [4.78, 5) is 2.32. The maximum atomic E-state index is 13.8. The maximum Gasteiger partial charge on any atom is 0.137 e. The lowest BCUT2D eigenvalue weighted by atomic mass is 10.0. The minimum Gasteiger partial charge on any atom is -0.467 e. The molecule has 106 valence electrons. The van der Waals surface area contributed by atoms with Gasteiger partial charge in [0, 0.05) is 26.2 Å². The molecule has 1 saturated heterocycles. The fourth-order valence-corrected chi connectivity index (χ4v) is 2.87. The van der Waals surface area contributed by atoms with Gasteiger partial charge in [-0.15, -0.1) is 0 Å². The Hall–Kier alpha value is -1.17. The lowest BCUT2D eigenvalue weighted by Crippen LogP contribution is -2.45. The van der Waals surface area contributed by atoms with Crippen molar-refractivity contribution in [2.45, 2.75) is 6.04 Å². The van der Waals surface area contributed by atoms with Crippen LogP contribution in [-0.4, -0.2) is 31.1 Å². The number of nitrogens with one attached hydrogen (secondary N) is 1. The fraction of sp³-hybridized carbons (Fsp3) is 0.333. The Bertz CT molecular complexity index is 567. The summed E-state index contributed by atoms with van der Waals surface area (Å²) >= 11 is 3.20. The van der Waals surface area contributed by atoms with Gasteiger partial charge in [-0.3, -0.25) is 4.90 Å². The molecule has 2 heterocycles. The second-order valence-corrected chi connectivity index (χ2v) is 5.73. The molecule has 20 heavy (non-hydrogen) atoms. The van der Waals surface area contributed by atoms with Crippen molar-refractivity contribution in [2.75, 3.05) is 26.2 Å². The van der Waals surface area contributed by atoms with Crippen LogP contribution in [0.1, 0.15) is 17.4 Å². The predicted octanol–water partition coefficient (Wildman–Crippen LogP) is 3.18. The van der Waals surface area contributed by atoms with E-state index in [1.165, 1.54) is 0 Å². The zero-order valence-corrected chi connectivity index (χ0v) is 12.6. The second kappa shape index (κ2) is 6.08. The molecular weight excluding hydrogens is 323 g/mol. The van der Waals surface area contributed by atoms with E-state index in [0.29, 0.717) is 4.47 Å². The molecule has 1 N–H and O–H groups in total. The molecule has 0 bridgehead atoms. The molecule has 0 radical (unpaired) electrons. The van der Waals surface area contributed by atoms with E-state index in [1.54, 1.807) is 18.4 Å². The van der Waals surface area contributed by atoms with Crippen molar-refractivity contribution < 1.29 is 8.81 Å². The number of hydrogen-bond donors (Lipinski definition) is 1. The lowest BCUT2D eigenvalue weighted by molar-refractivity contribution is 0.180. The highest BCUT2D eigenvalue weighted by molar-refractivity contribution is 9.10. The van der Waals surface area contributed by atoms with Gasteiger partial charge in [-0.05, 0) is 45.8 Å². The quantitative estimate of drug-likeness (QED) is 0.931. The van der Waals surface area contributed by atoms with Crippen LogP contribution in [0.5, 0.6) is 0 Å². The minimum atomic E-state index is -0.241. The van der Waals surface area contributed by atoms with Crippen molar-refractivity contribution >= 4 is 15.9 Å². The number of halogens is 2. The number of furan rings is 1. The van der Waals surface area contributed by atoms with Gasteiger partial charge in [0.1, 0.15) is 11.6 Å². The molecule has 1 aliphatic rings. The molecule has 1 aliphatic heterocycles. The van der Waals surface area contributed by atoms with Crippen LogP contribution in [-0.2, 0) is 0 Å². The highest BCUT2D eigenvalue weighted by atomic mass is 79.9. The predicted molar refractivity (Wildman–Crippen MR) is 79.1 cm³/mol. The highest BCUT2D eigenvalue weighted by Crippen LogP contribution is 2.31. The van der Waals surface area contributed by atoms with Crippen LogP contribution in [0.25, 0.3) is 0 Å². The van der Waals surface area contributed by atoms with E-state index < -0.39 is 0 Å². The molecule has 2 aromatic rings. The Kier molecular flexibility index (Phi) is 4.19. The van der Waals surface area contributed by atoms with E-state index in [4.69, 9.17) is 4.42 Å². The SMILES string of the molecule is Fc1cc([C@@H](c2ccco2)N2CCNCC2)ccc1Br. The van der Waals surface area contributed by atoms with Gasteiger partial charge in [0.15, 0.2) is 0 Å². The third-order valence-corrected chi connectivity index (χ3v) is 4.23. The molecule has 5 heteroatoms. The summed E-state index contributed by atoms with van der Waals surface area (Å²) in [7, 11) is 0. The summed E-state index contributed by atoms with van der Waals surface area (Å²) in [6.07, 6.45) is 1.67. The molecule has 0 aliphatic carbocycles. The van der Waals surface area contributed by atoms with Gasteiger partial charge in [0.05, 0.1) is 16.8 Å². The zero-order valence-electron chi connectivity index (χ0n) is 11.0. The van der Waals surface area contributed by atoms with Crippen LogP contribution in [0.3, 0.4) is 0 Å². The summed E-state index contributed by atoms with van der Waals surface area (Å²) < 4.78 is 19.9. The monoisotopic (exact) mass is 338 g/mol. The van der Waals surface area contributed by atoms with Crippen molar-refractivity contribution in [3.8, 4) is 0 Å². The lowest BCUT2D eigenvalue weighted by Gasteiger charge is -2.34. The van der Waals surface area contributed by atoms with Gasteiger partial charge >= 0.3 is 0 Å². The largest absolute Gasteiger partial charge is 0.467 e. The molecule has 0 saturated carbocycles. The maximum absolute atomic E-state index is 13.8. The fourth-order valence-electron chi connectivity index (χ4n) is 2.62. The summed E-state index contributed by atoms with van der Waals surface area (Å²) in [5.41, 5.74) is 0.919. The molecule has 3 nitrogen and oxygen atoms in total. The van der Waals surface area contributed by atoms with Crippen LogP contribution in [0.4, 0.5) is 4.39 Å². The second-order valence-electron chi connectivity index (χ2n) is 4.88. The molecule has 1 aromatic carbocycles. The average molecular weight is 339 g/mol. The first-order valence-electron chi connectivity index (χ1n) is 6.69. The Labute approximate surface area is 125 Å². The minimum absolute atomic E-state index is 0.0327. The Morgan fingerprint density at radius 2 is 2.05 bits per heavy atom. The van der Waals surface area contributed by atoms with Crippen molar-refractivity contribution in [3.05, 3.63) is 58.2 Å². The third-order valence-electron chi connectivity index (χ3n) is 3.59. The third kappa shape index (κ3) is 2.80. The highest BCUT2D eigenvalue weighted by Gasteiger charge is 2.26. The smallest absolute Gasteiger partial charge is 0.137 e. The number of piperazine rings is 1. The van der Waals surface area contributed by atoms with Crippen molar-refractivity contribution in [2.24, 2.45) is 0 Å². The number of hydrogen-bond acceptors (Lipinski definition) is 3. The summed E-state index contributed by atoms with van der Waals surface area (Å²) in [5.74, 6) is 0.614. The first-order chi connectivity index (χ1) is 9.75. The van der Waals surface area contributed by atoms with E-state index in [0.717, 1.165) is 37.5 Å². The molecule has 0 amide bonds. The summed E-state index contributed by atoms with van der Waals surface area (Å²) in [6, 6.07) is 9.08. The average Bonchev–Trinajstić information content (AvgIpc) is 2.98. The molecule has 3 rings (SSSR count). The van der Waals surface area contributed by atoms with Gasteiger partial charge in [-0.2, -0.15) is 0 Å². The van der Waals surface area contributed by atoms with E-state index in [2.05, 4.69) is 26.1 Å². The first kappa shape index (κ1) is 13.8. The standard InChI is InChI=1S/C15H16BrFN2O/c16-12-4-3-11(10-13(12)17)15(14-2-1-9-20-14)19-7-5-18-6-8-19/h1-4,9-10,15,18H,5-8H2/t15-/m0/s1. The van der Waals surface area contributed by atoms with E-state index in [1.807, 2.05) is 18.2 Å². The Morgan fingerprint density at radius 3 is 2.70 bits per heavy atom. The van der Waals surface area contributed by atoms with Gasteiger partial charge in [0.2, 0.25) is 0 Å². The molecular formula is C15H16BrFN2O. The Morgan fingerprint density at radius 1 is 1.25 bits per heavy atom. The summed E-state index contributed by atoms with van der Waals surface area (Å²) in [5, 5.41) is 3.33. The van der Waals surface area contributed by atoms with Gasteiger partial charge < -0.3 is 9.73 Å². The number of rotatable bonds is 3. The molecule has 1 aromatic heterocycles. The van der Waals surface area contributed by atoms with E-state index >= 15 is 0 Å². The van der Waals surface area contributed by atoms with Crippen LogP contribution < -0.4 is 5.32 Å². The molecule has 1 fully saturated rings. The van der Waals surface area contributed by atoms with Crippen molar-refractivity contribution in [3.63, 3.8) is 0 Å². The van der Waals surface area contributed by atoms with Crippen LogP contribution in [0, 0.1) is 5.82 Å².